The molecular formula is C12H15NO2. The zero-order valence-electron chi connectivity index (χ0n) is 8.88. The van der Waals surface area contributed by atoms with Crippen LogP contribution in [0.15, 0.2) is 18.2 Å². The standard InChI is InChI=1S/C12H15NO2/c1-2-8-15-11-5-3-4-10-9(11)6-7-13-12(10)14/h3-5H,2,6-8H2,1H3,(H,13,14). The molecule has 1 aromatic rings. The summed E-state index contributed by atoms with van der Waals surface area (Å²) in [6.07, 6.45) is 1.84. The van der Waals surface area contributed by atoms with Crippen molar-refractivity contribution >= 4 is 5.91 Å². The largest absolute Gasteiger partial charge is 0.493 e. The molecule has 0 spiro atoms. The number of nitrogens with one attached hydrogen (secondary N) is 1. The van der Waals surface area contributed by atoms with Crippen LogP contribution in [-0.4, -0.2) is 19.1 Å². The molecule has 3 heteroatoms. The number of amides is 1. The van der Waals surface area contributed by atoms with E-state index in [1.807, 2.05) is 18.2 Å². The van der Waals surface area contributed by atoms with E-state index in [9.17, 15) is 4.79 Å². The van der Waals surface area contributed by atoms with Gasteiger partial charge in [0.2, 0.25) is 0 Å². The van der Waals surface area contributed by atoms with Crippen LogP contribution in [-0.2, 0) is 6.42 Å². The molecule has 0 radical (unpaired) electrons. The first-order valence-corrected chi connectivity index (χ1v) is 5.36. The lowest BCUT2D eigenvalue weighted by Gasteiger charge is -2.19. The monoisotopic (exact) mass is 205 g/mol. The quantitative estimate of drug-likeness (QED) is 0.816. The van der Waals surface area contributed by atoms with Crippen molar-refractivity contribution in [3.63, 3.8) is 0 Å². The lowest BCUT2D eigenvalue weighted by molar-refractivity contribution is 0.0945. The smallest absolute Gasteiger partial charge is 0.251 e. The summed E-state index contributed by atoms with van der Waals surface area (Å²) in [7, 11) is 0. The minimum atomic E-state index is 0.0122. The summed E-state index contributed by atoms with van der Waals surface area (Å²) in [5.41, 5.74) is 1.81. The third-order valence-electron chi connectivity index (χ3n) is 2.50. The van der Waals surface area contributed by atoms with Gasteiger partial charge < -0.3 is 10.1 Å². The first-order chi connectivity index (χ1) is 7.33. The predicted molar refractivity (Wildman–Crippen MR) is 58.3 cm³/mol. The van der Waals surface area contributed by atoms with Crippen molar-refractivity contribution < 1.29 is 9.53 Å². The van der Waals surface area contributed by atoms with Crippen molar-refractivity contribution in [2.75, 3.05) is 13.2 Å². The number of carbonyl (C=O) groups excluding carboxylic acids is 1. The fourth-order valence-corrected chi connectivity index (χ4v) is 1.78. The molecule has 1 aromatic carbocycles. The molecule has 15 heavy (non-hydrogen) atoms. The van der Waals surface area contributed by atoms with Crippen molar-refractivity contribution in [3.05, 3.63) is 29.3 Å². The van der Waals surface area contributed by atoms with Gasteiger partial charge in [-0.2, -0.15) is 0 Å². The van der Waals surface area contributed by atoms with Crippen molar-refractivity contribution in [2.45, 2.75) is 19.8 Å². The van der Waals surface area contributed by atoms with Gasteiger partial charge in [0.25, 0.3) is 5.91 Å². The molecule has 0 saturated carbocycles. The minimum Gasteiger partial charge on any atom is -0.493 e. The number of rotatable bonds is 3. The lowest BCUT2D eigenvalue weighted by atomic mass is 9.99. The van der Waals surface area contributed by atoms with Gasteiger partial charge in [-0.15, -0.1) is 0 Å². The Kier molecular flexibility index (Phi) is 2.90. The van der Waals surface area contributed by atoms with Gasteiger partial charge in [0.05, 0.1) is 6.61 Å². The fraction of sp³-hybridized carbons (Fsp3) is 0.417. The van der Waals surface area contributed by atoms with E-state index in [2.05, 4.69) is 12.2 Å². The molecule has 2 rings (SSSR count). The summed E-state index contributed by atoms with van der Waals surface area (Å²) < 4.78 is 5.62. The van der Waals surface area contributed by atoms with Crippen molar-refractivity contribution in [2.24, 2.45) is 0 Å². The molecule has 0 unspecified atom stereocenters. The van der Waals surface area contributed by atoms with E-state index in [1.54, 1.807) is 0 Å². The topological polar surface area (TPSA) is 38.3 Å². The molecule has 0 aromatic heterocycles. The Hall–Kier alpha value is -1.51. The lowest BCUT2D eigenvalue weighted by Crippen LogP contribution is -2.32. The number of hydrogen-bond donors (Lipinski definition) is 1. The molecule has 1 aliphatic rings. The van der Waals surface area contributed by atoms with Crippen molar-refractivity contribution in [1.82, 2.24) is 5.32 Å². The zero-order chi connectivity index (χ0) is 10.7. The third kappa shape index (κ3) is 1.96. The molecule has 0 aliphatic carbocycles. The molecule has 80 valence electrons. The summed E-state index contributed by atoms with van der Waals surface area (Å²) in [4.78, 5) is 11.5. The number of fused-ring (bicyclic) bond motifs is 1. The van der Waals surface area contributed by atoms with Crippen LogP contribution in [0.4, 0.5) is 0 Å². The van der Waals surface area contributed by atoms with E-state index in [0.29, 0.717) is 13.2 Å². The van der Waals surface area contributed by atoms with E-state index >= 15 is 0 Å². The second-order valence-electron chi connectivity index (χ2n) is 3.64. The van der Waals surface area contributed by atoms with E-state index in [4.69, 9.17) is 4.74 Å². The van der Waals surface area contributed by atoms with E-state index < -0.39 is 0 Å². The van der Waals surface area contributed by atoms with Crippen LogP contribution in [0.5, 0.6) is 5.75 Å². The maximum Gasteiger partial charge on any atom is 0.251 e. The summed E-state index contributed by atoms with van der Waals surface area (Å²) in [5, 5.41) is 2.83. The van der Waals surface area contributed by atoms with Crippen LogP contribution in [0.25, 0.3) is 0 Å². The van der Waals surface area contributed by atoms with Crippen LogP contribution in [0.3, 0.4) is 0 Å². The van der Waals surface area contributed by atoms with Crippen molar-refractivity contribution in [1.29, 1.82) is 0 Å². The highest BCUT2D eigenvalue weighted by Crippen LogP contribution is 2.25. The number of hydrogen-bond acceptors (Lipinski definition) is 2. The van der Waals surface area contributed by atoms with Gasteiger partial charge in [0.1, 0.15) is 5.75 Å². The molecular weight excluding hydrogens is 190 g/mol. The first kappa shape index (κ1) is 10.0. The maximum absolute atomic E-state index is 11.5. The number of carbonyl (C=O) groups is 1. The highest BCUT2D eigenvalue weighted by atomic mass is 16.5. The zero-order valence-corrected chi connectivity index (χ0v) is 8.88. The summed E-state index contributed by atoms with van der Waals surface area (Å²) in [5.74, 6) is 0.877. The first-order valence-electron chi connectivity index (χ1n) is 5.36. The third-order valence-corrected chi connectivity index (χ3v) is 2.50. The normalized spacial score (nSPS) is 14.3. The Morgan fingerprint density at radius 2 is 2.33 bits per heavy atom. The molecule has 1 N–H and O–H groups in total. The molecule has 0 fully saturated rings. The highest BCUT2D eigenvalue weighted by molar-refractivity contribution is 5.97. The van der Waals surface area contributed by atoms with Gasteiger partial charge in [-0.3, -0.25) is 4.79 Å². The van der Waals surface area contributed by atoms with Crippen LogP contribution in [0, 0.1) is 0 Å². The van der Waals surface area contributed by atoms with E-state index in [0.717, 1.165) is 29.7 Å². The minimum absolute atomic E-state index is 0.0122. The van der Waals surface area contributed by atoms with Gasteiger partial charge in [-0.05, 0) is 25.0 Å². The van der Waals surface area contributed by atoms with Crippen LogP contribution in [0.2, 0.25) is 0 Å². The Morgan fingerprint density at radius 1 is 1.47 bits per heavy atom. The van der Waals surface area contributed by atoms with Crippen LogP contribution >= 0.6 is 0 Å². The highest BCUT2D eigenvalue weighted by Gasteiger charge is 2.19. The molecule has 0 atom stereocenters. The molecule has 0 bridgehead atoms. The summed E-state index contributed by atoms with van der Waals surface area (Å²) >= 11 is 0. The van der Waals surface area contributed by atoms with E-state index in [-0.39, 0.29) is 5.91 Å². The van der Waals surface area contributed by atoms with Gasteiger partial charge in [0.15, 0.2) is 0 Å². The molecule has 0 saturated heterocycles. The van der Waals surface area contributed by atoms with E-state index in [1.165, 1.54) is 0 Å². The average molecular weight is 205 g/mol. The Labute approximate surface area is 89.4 Å². The molecule has 1 heterocycles. The SMILES string of the molecule is CCCOc1cccc2c1CCNC2=O. The van der Waals surface area contributed by atoms with Crippen molar-refractivity contribution in [3.8, 4) is 5.75 Å². The summed E-state index contributed by atoms with van der Waals surface area (Å²) in [6, 6.07) is 5.66. The molecule has 1 amide bonds. The Balaban J connectivity index is 2.31. The molecule has 1 aliphatic heterocycles. The Morgan fingerprint density at radius 3 is 3.13 bits per heavy atom. The number of ether oxygens (including phenoxy) is 1. The Bertz CT molecular complexity index is 374. The summed E-state index contributed by atoms with van der Waals surface area (Å²) in [6.45, 7) is 3.48. The van der Waals surface area contributed by atoms with Gasteiger partial charge in [-0.25, -0.2) is 0 Å². The maximum atomic E-state index is 11.5. The second-order valence-corrected chi connectivity index (χ2v) is 3.64. The van der Waals surface area contributed by atoms with Gasteiger partial charge >= 0.3 is 0 Å². The second kappa shape index (κ2) is 4.34. The van der Waals surface area contributed by atoms with Crippen LogP contribution < -0.4 is 10.1 Å². The van der Waals surface area contributed by atoms with Gasteiger partial charge in [0, 0.05) is 17.7 Å². The van der Waals surface area contributed by atoms with Gasteiger partial charge in [-0.1, -0.05) is 13.0 Å². The average Bonchev–Trinajstić information content (AvgIpc) is 2.27. The predicted octanol–water partition coefficient (Wildman–Crippen LogP) is 1.76. The number of benzene rings is 1. The fourth-order valence-electron chi connectivity index (χ4n) is 1.78. The van der Waals surface area contributed by atoms with Crippen LogP contribution in [0.1, 0.15) is 29.3 Å². The molecule has 3 nitrogen and oxygen atoms in total.